The average Bonchev–Trinajstić information content (AvgIpc) is 3.24. The van der Waals surface area contributed by atoms with Crippen LogP contribution in [0.2, 0.25) is 0 Å². The summed E-state index contributed by atoms with van der Waals surface area (Å²) in [5.74, 6) is -0.398. The SMILES string of the molecule is CCCCCCC/C=C\C/C=C\CCCCCCCCCCCCCCCC(=O)OC(COCCCCCCCCCCCC)COC1OC(CO)C(O)C(OS(=O)(=O)O)C1O. The maximum atomic E-state index is 12.9. The van der Waals surface area contributed by atoms with E-state index in [4.69, 9.17) is 23.5 Å². The Labute approximate surface area is 378 Å². The molecule has 0 spiro atoms. The number of aliphatic hydroxyl groups excluding tert-OH is 3. The van der Waals surface area contributed by atoms with Crippen molar-refractivity contribution in [3.05, 3.63) is 24.3 Å². The van der Waals surface area contributed by atoms with Crippen LogP contribution in [-0.4, -0.2) is 97.5 Å². The lowest BCUT2D eigenvalue weighted by Crippen LogP contribution is -2.60. The van der Waals surface area contributed by atoms with E-state index in [1.165, 1.54) is 148 Å². The molecule has 62 heavy (non-hydrogen) atoms. The zero-order valence-corrected chi connectivity index (χ0v) is 40.0. The molecular weight excluding hydrogens is 813 g/mol. The number of carbonyl (C=O) groups is 1. The van der Waals surface area contributed by atoms with Crippen molar-refractivity contribution in [2.75, 3.05) is 26.4 Å². The van der Waals surface area contributed by atoms with Gasteiger partial charge in [0, 0.05) is 13.0 Å². The monoisotopic (exact) mass is 905 g/mol. The smallest absolute Gasteiger partial charge is 0.397 e. The number of esters is 1. The molecule has 4 N–H and O–H groups in total. The van der Waals surface area contributed by atoms with Crippen molar-refractivity contribution in [3.63, 3.8) is 0 Å². The van der Waals surface area contributed by atoms with Gasteiger partial charge in [-0.05, 0) is 44.9 Å². The molecule has 0 amide bonds. The van der Waals surface area contributed by atoms with Gasteiger partial charge in [-0.2, -0.15) is 8.42 Å². The van der Waals surface area contributed by atoms with Crippen molar-refractivity contribution in [1.82, 2.24) is 0 Å². The number of unbranched alkanes of at least 4 members (excludes halogenated alkanes) is 27. The van der Waals surface area contributed by atoms with Crippen LogP contribution in [0.4, 0.5) is 0 Å². The van der Waals surface area contributed by atoms with Crippen LogP contribution < -0.4 is 0 Å². The second-order valence-corrected chi connectivity index (χ2v) is 18.5. The van der Waals surface area contributed by atoms with E-state index in [1.54, 1.807) is 0 Å². The molecule has 0 bridgehead atoms. The van der Waals surface area contributed by atoms with E-state index in [0.29, 0.717) is 13.0 Å². The molecular formula is C49H92O12S. The van der Waals surface area contributed by atoms with Crippen LogP contribution in [0.1, 0.15) is 219 Å². The maximum absolute atomic E-state index is 12.9. The van der Waals surface area contributed by atoms with Crippen LogP contribution in [0.15, 0.2) is 24.3 Å². The molecule has 12 nitrogen and oxygen atoms in total. The first-order valence-corrected chi connectivity index (χ1v) is 26.5. The summed E-state index contributed by atoms with van der Waals surface area (Å²) in [6.45, 7) is 3.99. The lowest BCUT2D eigenvalue weighted by molar-refractivity contribution is -0.301. The van der Waals surface area contributed by atoms with Gasteiger partial charge in [0.25, 0.3) is 0 Å². The Morgan fingerprint density at radius 3 is 1.53 bits per heavy atom. The van der Waals surface area contributed by atoms with Crippen molar-refractivity contribution in [2.45, 2.75) is 256 Å². The topological polar surface area (TPSA) is 178 Å². The number of allylic oxidation sites excluding steroid dienone is 4. The van der Waals surface area contributed by atoms with Gasteiger partial charge in [0.1, 0.15) is 30.5 Å². The fourth-order valence-corrected chi connectivity index (χ4v) is 8.27. The number of aliphatic hydroxyl groups is 3. The number of carbonyl (C=O) groups excluding carboxylic acids is 1. The first-order chi connectivity index (χ1) is 30.1. The standard InChI is InChI=1S/C49H92O12S/c1-3-5-7-9-11-13-15-16-17-18-19-20-21-22-23-24-25-26-27-28-29-30-32-34-36-38-45(51)59-43(41-57-39-37-35-33-31-14-12-10-8-6-4-2)42-58-49-47(53)48(61-62(54,55)56)46(52)44(40-50)60-49/h15-16,18-19,43-44,46-50,52-53H,3-14,17,20-42H2,1-2H3,(H,54,55,56)/b16-15-,19-18-. The molecule has 1 aliphatic heterocycles. The third kappa shape index (κ3) is 34.0. The van der Waals surface area contributed by atoms with E-state index in [9.17, 15) is 28.5 Å². The molecule has 1 heterocycles. The quantitative estimate of drug-likeness (QED) is 0.0197. The third-order valence-electron chi connectivity index (χ3n) is 11.6. The third-order valence-corrected chi connectivity index (χ3v) is 12.0. The summed E-state index contributed by atoms with van der Waals surface area (Å²) in [4.78, 5) is 12.9. The minimum atomic E-state index is -5.06. The van der Waals surface area contributed by atoms with Gasteiger partial charge in [-0.25, -0.2) is 4.18 Å². The highest BCUT2D eigenvalue weighted by Gasteiger charge is 2.48. The highest BCUT2D eigenvalue weighted by molar-refractivity contribution is 7.80. The minimum absolute atomic E-state index is 0.0399. The molecule has 1 saturated heterocycles. The number of hydrogen-bond acceptors (Lipinski definition) is 11. The molecule has 1 rings (SSSR count). The van der Waals surface area contributed by atoms with Gasteiger partial charge in [0.05, 0.1) is 19.8 Å². The van der Waals surface area contributed by atoms with Gasteiger partial charge in [0.2, 0.25) is 0 Å². The van der Waals surface area contributed by atoms with Crippen molar-refractivity contribution in [1.29, 1.82) is 0 Å². The Morgan fingerprint density at radius 1 is 0.613 bits per heavy atom. The fourth-order valence-electron chi connectivity index (χ4n) is 7.76. The highest BCUT2D eigenvalue weighted by Crippen LogP contribution is 2.26. The van der Waals surface area contributed by atoms with Gasteiger partial charge in [-0.1, -0.05) is 192 Å². The lowest BCUT2D eigenvalue weighted by Gasteiger charge is -2.41. The maximum Gasteiger partial charge on any atom is 0.397 e. The molecule has 0 aliphatic carbocycles. The first-order valence-electron chi connectivity index (χ1n) is 25.1. The molecule has 13 heteroatoms. The van der Waals surface area contributed by atoms with Gasteiger partial charge in [0.15, 0.2) is 6.29 Å². The van der Waals surface area contributed by atoms with Crippen molar-refractivity contribution < 1.29 is 56.2 Å². The normalized spacial score (nSPS) is 20.1. The highest BCUT2D eigenvalue weighted by atomic mass is 32.3. The summed E-state index contributed by atoms with van der Waals surface area (Å²) < 4.78 is 59.1. The van der Waals surface area contributed by atoms with Crippen LogP contribution in [0, 0.1) is 0 Å². The Balaban J connectivity index is 2.28. The predicted molar refractivity (Wildman–Crippen MR) is 248 cm³/mol. The molecule has 0 radical (unpaired) electrons. The van der Waals surface area contributed by atoms with Crippen LogP contribution in [-0.2, 0) is 38.3 Å². The Hall–Kier alpha value is -1.42. The molecule has 6 unspecified atom stereocenters. The van der Waals surface area contributed by atoms with Crippen molar-refractivity contribution in [2.24, 2.45) is 0 Å². The fraction of sp³-hybridized carbons (Fsp3) is 0.898. The second-order valence-electron chi connectivity index (χ2n) is 17.4. The molecule has 366 valence electrons. The molecule has 0 aromatic rings. The number of hydrogen-bond donors (Lipinski definition) is 4. The summed E-state index contributed by atoms with van der Waals surface area (Å²) in [5, 5.41) is 30.7. The van der Waals surface area contributed by atoms with Gasteiger partial charge in [-0.3, -0.25) is 9.35 Å². The van der Waals surface area contributed by atoms with Crippen LogP contribution in [0.5, 0.6) is 0 Å². The van der Waals surface area contributed by atoms with E-state index in [2.05, 4.69) is 42.3 Å². The Bertz CT molecular complexity index is 1180. The summed E-state index contributed by atoms with van der Waals surface area (Å²) in [7, 11) is -5.06. The van der Waals surface area contributed by atoms with E-state index in [-0.39, 0.29) is 19.6 Å². The number of rotatable bonds is 44. The summed E-state index contributed by atoms with van der Waals surface area (Å²) in [5.41, 5.74) is 0. The molecule has 0 saturated carbocycles. The zero-order chi connectivity index (χ0) is 45.4. The summed E-state index contributed by atoms with van der Waals surface area (Å²) in [6, 6.07) is 0. The Kier molecular flexibility index (Phi) is 38.8. The molecule has 0 aromatic carbocycles. The van der Waals surface area contributed by atoms with Crippen molar-refractivity contribution in [3.8, 4) is 0 Å². The zero-order valence-electron chi connectivity index (χ0n) is 39.2. The first kappa shape index (κ1) is 58.6. The number of ether oxygens (including phenoxy) is 4. The molecule has 6 atom stereocenters. The molecule has 0 aromatic heterocycles. The van der Waals surface area contributed by atoms with Crippen LogP contribution in [0.3, 0.4) is 0 Å². The van der Waals surface area contributed by atoms with Gasteiger partial charge < -0.3 is 34.3 Å². The largest absolute Gasteiger partial charge is 0.457 e. The second kappa shape index (κ2) is 41.0. The van der Waals surface area contributed by atoms with Gasteiger partial charge >= 0.3 is 16.4 Å². The van der Waals surface area contributed by atoms with Crippen molar-refractivity contribution >= 4 is 16.4 Å². The van der Waals surface area contributed by atoms with Crippen LogP contribution in [0.25, 0.3) is 0 Å². The summed E-state index contributed by atoms with van der Waals surface area (Å²) >= 11 is 0. The lowest BCUT2D eigenvalue weighted by atomic mass is 9.99. The summed E-state index contributed by atoms with van der Waals surface area (Å²) in [6.07, 6.45) is 37.9. The minimum Gasteiger partial charge on any atom is -0.457 e. The van der Waals surface area contributed by atoms with Crippen LogP contribution >= 0.6 is 0 Å². The van der Waals surface area contributed by atoms with E-state index < -0.39 is 59.8 Å². The predicted octanol–water partition coefficient (Wildman–Crippen LogP) is 11.2. The van der Waals surface area contributed by atoms with E-state index >= 15 is 0 Å². The molecule has 1 aliphatic rings. The molecule has 1 fully saturated rings. The van der Waals surface area contributed by atoms with Gasteiger partial charge in [-0.15, -0.1) is 0 Å². The van der Waals surface area contributed by atoms with E-state index in [1.807, 2.05) is 0 Å². The Morgan fingerprint density at radius 2 is 1.06 bits per heavy atom. The van der Waals surface area contributed by atoms with E-state index in [0.717, 1.165) is 44.9 Å². The average molecular weight is 905 g/mol.